The van der Waals surface area contributed by atoms with E-state index in [1.807, 2.05) is 13.0 Å². The number of morpholine rings is 1. The van der Waals surface area contributed by atoms with Gasteiger partial charge >= 0.3 is 0 Å². The molecule has 2 aromatic heterocycles. The molecule has 0 aromatic carbocycles. The molecule has 1 saturated heterocycles. The molecule has 6 heteroatoms. The van der Waals surface area contributed by atoms with Gasteiger partial charge in [0.25, 0.3) is 5.89 Å². The molecule has 1 aliphatic heterocycles. The number of aromatic nitrogens is 2. The summed E-state index contributed by atoms with van der Waals surface area (Å²) < 4.78 is 16.3. The van der Waals surface area contributed by atoms with Gasteiger partial charge < -0.3 is 13.7 Å². The molecule has 0 amide bonds. The monoisotopic (exact) mass is 277 g/mol. The first-order valence-corrected chi connectivity index (χ1v) is 6.89. The van der Waals surface area contributed by atoms with Gasteiger partial charge in [-0.1, -0.05) is 5.16 Å². The minimum Gasteiger partial charge on any atom is -0.469 e. The second-order valence-corrected chi connectivity index (χ2v) is 5.30. The summed E-state index contributed by atoms with van der Waals surface area (Å²) in [5, 5.41) is 4.05. The molecule has 0 radical (unpaired) electrons. The molecule has 1 fully saturated rings. The highest BCUT2D eigenvalue weighted by molar-refractivity contribution is 5.54. The Kier molecular flexibility index (Phi) is 3.58. The molecule has 6 nitrogen and oxygen atoms in total. The summed E-state index contributed by atoms with van der Waals surface area (Å²) in [5.74, 6) is 1.86. The van der Waals surface area contributed by atoms with Crippen LogP contribution >= 0.6 is 0 Å². The lowest BCUT2D eigenvalue weighted by Gasteiger charge is -2.34. The van der Waals surface area contributed by atoms with E-state index >= 15 is 0 Å². The quantitative estimate of drug-likeness (QED) is 0.858. The summed E-state index contributed by atoms with van der Waals surface area (Å²) in [6.45, 7) is 8.66. The van der Waals surface area contributed by atoms with Crippen LogP contribution in [0.3, 0.4) is 0 Å². The Morgan fingerprint density at radius 1 is 1.40 bits per heavy atom. The fourth-order valence-corrected chi connectivity index (χ4v) is 2.38. The van der Waals surface area contributed by atoms with E-state index in [1.165, 1.54) is 0 Å². The molecule has 3 heterocycles. The number of hydrogen-bond donors (Lipinski definition) is 0. The predicted octanol–water partition coefficient (Wildman–Crippen LogP) is 2.42. The fourth-order valence-electron chi connectivity index (χ4n) is 2.38. The third kappa shape index (κ3) is 2.48. The first-order valence-electron chi connectivity index (χ1n) is 6.89. The van der Waals surface area contributed by atoms with Gasteiger partial charge in [-0.2, -0.15) is 4.98 Å². The average molecular weight is 277 g/mol. The van der Waals surface area contributed by atoms with E-state index in [2.05, 4.69) is 28.9 Å². The summed E-state index contributed by atoms with van der Waals surface area (Å²) in [6.07, 6.45) is 1.49. The van der Waals surface area contributed by atoms with E-state index < -0.39 is 0 Å². The van der Waals surface area contributed by atoms with Crippen LogP contribution in [0.1, 0.15) is 31.5 Å². The Morgan fingerprint density at radius 3 is 2.95 bits per heavy atom. The summed E-state index contributed by atoms with van der Waals surface area (Å²) in [7, 11) is 0. The molecule has 0 spiro atoms. The Balaban J connectivity index is 1.78. The van der Waals surface area contributed by atoms with Crippen LogP contribution in [0.15, 0.2) is 21.3 Å². The second-order valence-electron chi connectivity index (χ2n) is 5.30. The van der Waals surface area contributed by atoms with Crippen molar-refractivity contribution in [3.8, 4) is 11.5 Å². The number of rotatable bonds is 3. The van der Waals surface area contributed by atoms with Gasteiger partial charge in [-0.15, -0.1) is 0 Å². The van der Waals surface area contributed by atoms with Crippen molar-refractivity contribution in [2.24, 2.45) is 0 Å². The lowest BCUT2D eigenvalue weighted by molar-refractivity contribution is -0.0450. The topological polar surface area (TPSA) is 64.5 Å². The molecule has 20 heavy (non-hydrogen) atoms. The smallest absolute Gasteiger partial charge is 0.261 e. The van der Waals surface area contributed by atoms with Gasteiger partial charge in [0.15, 0.2) is 0 Å². The molecule has 0 aliphatic carbocycles. The highest BCUT2D eigenvalue weighted by atomic mass is 16.5. The normalized spacial score (nSPS) is 20.7. The first-order chi connectivity index (χ1) is 9.65. The zero-order valence-electron chi connectivity index (χ0n) is 12.0. The number of furan rings is 1. The van der Waals surface area contributed by atoms with Crippen molar-refractivity contribution in [2.45, 2.75) is 32.9 Å². The minimum atomic E-state index is -0.129. The van der Waals surface area contributed by atoms with E-state index in [4.69, 9.17) is 13.7 Å². The first kappa shape index (κ1) is 13.3. The second kappa shape index (κ2) is 5.38. The van der Waals surface area contributed by atoms with Crippen molar-refractivity contribution in [3.05, 3.63) is 23.9 Å². The van der Waals surface area contributed by atoms with Crippen LogP contribution in [0, 0.1) is 6.92 Å². The van der Waals surface area contributed by atoms with Crippen molar-refractivity contribution < 1.29 is 13.7 Å². The number of nitrogens with zero attached hydrogens (tertiary/aromatic N) is 3. The highest BCUT2D eigenvalue weighted by Crippen LogP contribution is 2.26. The fraction of sp³-hybridized carbons (Fsp3) is 0.571. The number of hydrogen-bond acceptors (Lipinski definition) is 6. The van der Waals surface area contributed by atoms with Crippen molar-refractivity contribution in [2.75, 3.05) is 19.7 Å². The predicted molar refractivity (Wildman–Crippen MR) is 72.1 cm³/mol. The maximum absolute atomic E-state index is 5.76. The largest absolute Gasteiger partial charge is 0.469 e. The lowest BCUT2D eigenvalue weighted by Crippen LogP contribution is -2.42. The summed E-state index contributed by atoms with van der Waals surface area (Å²) in [4.78, 5) is 6.80. The van der Waals surface area contributed by atoms with Gasteiger partial charge in [-0.05, 0) is 26.8 Å². The Labute approximate surface area is 117 Å². The van der Waals surface area contributed by atoms with Crippen molar-refractivity contribution in [1.82, 2.24) is 15.0 Å². The maximum atomic E-state index is 5.76. The molecule has 1 atom stereocenters. The molecule has 108 valence electrons. The van der Waals surface area contributed by atoms with Crippen LogP contribution in [0.5, 0.6) is 0 Å². The van der Waals surface area contributed by atoms with Gasteiger partial charge in [-0.25, -0.2) is 0 Å². The highest BCUT2D eigenvalue weighted by Gasteiger charge is 2.27. The van der Waals surface area contributed by atoms with E-state index in [0.717, 1.165) is 24.4 Å². The Hall–Kier alpha value is -1.66. The molecule has 1 aliphatic rings. The van der Waals surface area contributed by atoms with Crippen molar-refractivity contribution >= 4 is 0 Å². The maximum Gasteiger partial charge on any atom is 0.261 e. The van der Waals surface area contributed by atoms with Crippen LogP contribution < -0.4 is 0 Å². The molecule has 1 unspecified atom stereocenters. The van der Waals surface area contributed by atoms with Crippen LogP contribution in [0.4, 0.5) is 0 Å². The van der Waals surface area contributed by atoms with Crippen LogP contribution in [0.25, 0.3) is 11.5 Å². The minimum absolute atomic E-state index is 0.129. The SMILES string of the molecule is Cc1occc1-c1nc(C2CN(C(C)C)CCO2)no1. The van der Waals surface area contributed by atoms with Gasteiger partial charge in [0.1, 0.15) is 11.9 Å². The Morgan fingerprint density at radius 2 is 2.25 bits per heavy atom. The Bertz CT molecular complexity index is 576. The third-order valence-electron chi connectivity index (χ3n) is 3.65. The van der Waals surface area contributed by atoms with Gasteiger partial charge in [0, 0.05) is 19.1 Å². The van der Waals surface area contributed by atoms with E-state index in [1.54, 1.807) is 6.26 Å². The summed E-state index contributed by atoms with van der Waals surface area (Å²) in [5.41, 5.74) is 0.834. The van der Waals surface area contributed by atoms with Crippen LogP contribution in [-0.2, 0) is 4.74 Å². The van der Waals surface area contributed by atoms with Gasteiger partial charge in [0.05, 0.1) is 18.4 Å². The van der Waals surface area contributed by atoms with Gasteiger partial charge in [-0.3, -0.25) is 4.90 Å². The van der Waals surface area contributed by atoms with Crippen molar-refractivity contribution in [3.63, 3.8) is 0 Å². The van der Waals surface area contributed by atoms with Crippen LogP contribution in [-0.4, -0.2) is 40.8 Å². The van der Waals surface area contributed by atoms with Crippen molar-refractivity contribution in [1.29, 1.82) is 0 Å². The molecule has 0 saturated carbocycles. The summed E-state index contributed by atoms with van der Waals surface area (Å²) in [6, 6.07) is 2.32. The third-order valence-corrected chi connectivity index (χ3v) is 3.65. The zero-order valence-corrected chi connectivity index (χ0v) is 12.0. The van der Waals surface area contributed by atoms with E-state index in [0.29, 0.717) is 24.4 Å². The van der Waals surface area contributed by atoms with Crippen LogP contribution in [0.2, 0.25) is 0 Å². The lowest BCUT2D eigenvalue weighted by atomic mass is 10.2. The average Bonchev–Trinajstić information content (AvgIpc) is 3.07. The zero-order chi connectivity index (χ0) is 14.1. The van der Waals surface area contributed by atoms with E-state index in [9.17, 15) is 0 Å². The standard InChI is InChI=1S/C14H19N3O3/c1-9(2)17-5-7-19-12(8-17)13-15-14(20-16-13)11-4-6-18-10(11)3/h4,6,9,12H,5,7-8H2,1-3H3. The van der Waals surface area contributed by atoms with Gasteiger partial charge in [0.2, 0.25) is 5.82 Å². The molecular weight excluding hydrogens is 258 g/mol. The number of ether oxygens (including phenoxy) is 1. The molecule has 0 bridgehead atoms. The molecule has 2 aromatic rings. The molecule has 3 rings (SSSR count). The number of aryl methyl sites for hydroxylation is 1. The molecular formula is C14H19N3O3. The van der Waals surface area contributed by atoms with E-state index in [-0.39, 0.29) is 6.10 Å². The molecule has 0 N–H and O–H groups in total. The summed E-state index contributed by atoms with van der Waals surface area (Å²) >= 11 is 0.